The first-order valence-electron chi connectivity index (χ1n) is 7.78. The van der Waals surface area contributed by atoms with Crippen molar-refractivity contribution >= 4 is 5.91 Å². The lowest BCUT2D eigenvalue weighted by molar-refractivity contribution is -0.142. The standard InChI is InChI=1S/C15H28N2O2/c1-11(2)14-9-17(13(10-18)8-16-14)15(19)12-6-4-3-5-7-12/h11-14,16,18H,3-10H2,1-2H3. The van der Waals surface area contributed by atoms with Crippen molar-refractivity contribution in [2.75, 3.05) is 19.7 Å². The number of aliphatic hydroxyl groups is 1. The first-order chi connectivity index (χ1) is 9.13. The fourth-order valence-electron chi connectivity index (χ4n) is 3.29. The van der Waals surface area contributed by atoms with E-state index in [0.29, 0.717) is 12.0 Å². The maximum atomic E-state index is 12.7. The average Bonchev–Trinajstić information content (AvgIpc) is 2.46. The molecule has 2 fully saturated rings. The molecule has 2 N–H and O–H groups in total. The Bertz CT molecular complexity index is 301. The summed E-state index contributed by atoms with van der Waals surface area (Å²) in [4.78, 5) is 14.6. The fraction of sp³-hybridized carbons (Fsp3) is 0.933. The van der Waals surface area contributed by atoms with Gasteiger partial charge in [0.2, 0.25) is 5.91 Å². The number of aliphatic hydroxyl groups excluding tert-OH is 1. The van der Waals surface area contributed by atoms with Crippen LogP contribution in [0.3, 0.4) is 0 Å². The molecule has 0 aromatic heterocycles. The van der Waals surface area contributed by atoms with E-state index in [-0.39, 0.29) is 24.5 Å². The van der Waals surface area contributed by atoms with Crippen molar-refractivity contribution in [1.29, 1.82) is 0 Å². The van der Waals surface area contributed by atoms with Crippen molar-refractivity contribution in [2.24, 2.45) is 11.8 Å². The van der Waals surface area contributed by atoms with Gasteiger partial charge in [-0.25, -0.2) is 0 Å². The monoisotopic (exact) mass is 268 g/mol. The molecular weight excluding hydrogens is 240 g/mol. The van der Waals surface area contributed by atoms with Crippen molar-refractivity contribution in [3.63, 3.8) is 0 Å². The van der Waals surface area contributed by atoms with Crippen LogP contribution in [-0.4, -0.2) is 47.7 Å². The molecule has 1 heterocycles. The normalized spacial score (nSPS) is 29.8. The van der Waals surface area contributed by atoms with Crippen LogP contribution < -0.4 is 5.32 Å². The number of rotatable bonds is 3. The van der Waals surface area contributed by atoms with E-state index in [0.717, 1.165) is 25.9 Å². The number of carbonyl (C=O) groups is 1. The third-order valence-electron chi connectivity index (χ3n) is 4.70. The lowest BCUT2D eigenvalue weighted by Gasteiger charge is -2.43. The lowest BCUT2D eigenvalue weighted by atomic mass is 9.87. The molecule has 2 atom stereocenters. The second kappa shape index (κ2) is 6.71. The molecule has 0 spiro atoms. The average molecular weight is 268 g/mol. The predicted molar refractivity (Wildman–Crippen MR) is 75.8 cm³/mol. The van der Waals surface area contributed by atoms with Crippen LogP contribution in [0, 0.1) is 11.8 Å². The molecule has 1 amide bonds. The molecule has 2 unspecified atom stereocenters. The van der Waals surface area contributed by atoms with E-state index in [2.05, 4.69) is 19.2 Å². The third-order valence-corrected chi connectivity index (χ3v) is 4.70. The molecule has 0 aromatic carbocycles. The van der Waals surface area contributed by atoms with Gasteiger partial charge in [0.1, 0.15) is 0 Å². The maximum absolute atomic E-state index is 12.7. The highest BCUT2D eigenvalue weighted by Crippen LogP contribution is 2.27. The number of nitrogens with one attached hydrogen (secondary N) is 1. The highest BCUT2D eigenvalue weighted by molar-refractivity contribution is 5.79. The Morgan fingerprint density at radius 1 is 1.32 bits per heavy atom. The number of nitrogens with zero attached hydrogens (tertiary/aromatic N) is 1. The molecule has 2 aliphatic rings. The highest BCUT2D eigenvalue weighted by atomic mass is 16.3. The van der Waals surface area contributed by atoms with Gasteiger partial charge in [0, 0.05) is 25.0 Å². The van der Waals surface area contributed by atoms with Crippen LogP contribution >= 0.6 is 0 Å². The first kappa shape index (κ1) is 14.8. The summed E-state index contributed by atoms with van der Waals surface area (Å²) in [6.45, 7) is 5.90. The lowest BCUT2D eigenvalue weighted by Crippen LogP contribution is -2.61. The van der Waals surface area contributed by atoms with Crippen LogP contribution in [0.2, 0.25) is 0 Å². The van der Waals surface area contributed by atoms with Crippen LogP contribution in [-0.2, 0) is 4.79 Å². The van der Waals surface area contributed by atoms with Gasteiger partial charge in [-0.2, -0.15) is 0 Å². The first-order valence-corrected chi connectivity index (χ1v) is 7.78. The van der Waals surface area contributed by atoms with Crippen molar-refractivity contribution in [3.05, 3.63) is 0 Å². The van der Waals surface area contributed by atoms with Crippen LogP contribution in [0.1, 0.15) is 46.0 Å². The second-order valence-electron chi connectivity index (χ2n) is 6.42. The smallest absolute Gasteiger partial charge is 0.226 e. The molecular formula is C15H28N2O2. The van der Waals surface area contributed by atoms with Gasteiger partial charge in [0.15, 0.2) is 0 Å². The van der Waals surface area contributed by atoms with Crippen LogP contribution in [0.5, 0.6) is 0 Å². The molecule has 0 bridgehead atoms. The Morgan fingerprint density at radius 3 is 2.58 bits per heavy atom. The minimum Gasteiger partial charge on any atom is -0.394 e. The molecule has 110 valence electrons. The van der Waals surface area contributed by atoms with E-state index >= 15 is 0 Å². The van der Waals surface area contributed by atoms with Crippen LogP contribution in [0.15, 0.2) is 0 Å². The molecule has 4 nitrogen and oxygen atoms in total. The predicted octanol–water partition coefficient (Wildman–Crippen LogP) is 1.38. The molecule has 1 saturated carbocycles. The summed E-state index contributed by atoms with van der Waals surface area (Å²) in [5, 5.41) is 13.0. The summed E-state index contributed by atoms with van der Waals surface area (Å²) in [5.74, 6) is 1.00. The molecule has 1 aliphatic carbocycles. The van der Waals surface area contributed by atoms with E-state index in [4.69, 9.17) is 0 Å². The summed E-state index contributed by atoms with van der Waals surface area (Å²) < 4.78 is 0. The van der Waals surface area contributed by atoms with Gasteiger partial charge in [0.25, 0.3) is 0 Å². The quantitative estimate of drug-likeness (QED) is 0.813. The largest absolute Gasteiger partial charge is 0.394 e. The fourth-order valence-corrected chi connectivity index (χ4v) is 3.29. The molecule has 19 heavy (non-hydrogen) atoms. The van der Waals surface area contributed by atoms with Crippen LogP contribution in [0.4, 0.5) is 0 Å². The molecule has 1 saturated heterocycles. The van der Waals surface area contributed by atoms with E-state index in [9.17, 15) is 9.90 Å². The SMILES string of the molecule is CC(C)C1CN(C(=O)C2CCCCC2)C(CO)CN1. The van der Waals surface area contributed by atoms with Gasteiger partial charge in [-0.05, 0) is 18.8 Å². The van der Waals surface area contributed by atoms with Gasteiger partial charge in [-0.3, -0.25) is 4.79 Å². The summed E-state index contributed by atoms with van der Waals surface area (Å²) in [7, 11) is 0. The number of amides is 1. The number of piperazine rings is 1. The Morgan fingerprint density at radius 2 is 2.00 bits per heavy atom. The summed E-state index contributed by atoms with van der Waals surface area (Å²) in [5.41, 5.74) is 0. The molecule has 4 heteroatoms. The van der Waals surface area contributed by atoms with Gasteiger partial charge in [-0.15, -0.1) is 0 Å². The summed E-state index contributed by atoms with van der Waals surface area (Å²) in [6, 6.07) is 0.319. The Kier molecular flexibility index (Phi) is 5.22. The Balaban J connectivity index is 2.02. The third kappa shape index (κ3) is 3.48. The topological polar surface area (TPSA) is 52.6 Å². The molecule has 2 rings (SSSR count). The van der Waals surface area contributed by atoms with E-state index in [1.165, 1.54) is 19.3 Å². The highest BCUT2D eigenvalue weighted by Gasteiger charge is 2.35. The molecule has 0 aromatic rings. The van der Waals surface area contributed by atoms with Crippen LogP contribution in [0.25, 0.3) is 0 Å². The zero-order chi connectivity index (χ0) is 13.8. The van der Waals surface area contributed by atoms with E-state index in [1.54, 1.807) is 0 Å². The van der Waals surface area contributed by atoms with Crippen molar-refractivity contribution in [1.82, 2.24) is 10.2 Å². The van der Waals surface area contributed by atoms with Crippen molar-refractivity contribution in [3.8, 4) is 0 Å². The molecule has 0 radical (unpaired) electrons. The number of hydrogen-bond donors (Lipinski definition) is 2. The van der Waals surface area contributed by atoms with Crippen molar-refractivity contribution in [2.45, 2.75) is 58.0 Å². The van der Waals surface area contributed by atoms with E-state index < -0.39 is 0 Å². The maximum Gasteiger partial charge on any atom is 0.226 e. The van der Waals surface area contributed by atoms with Gasteiger partial charge >= 0.3 is 0 Å². The van der Waals surface area contributed by atoms with Gasteiger partial charge < -0.3 is 15.3 Å². The Labute approximate surface area is 116 Å². The number of hydrogen-bond acceptors (Lipinski definition) is 3. The van der Waals surface area contributed by atoms with Gasteiger partial charge in [0.05, 0.1) is 12.6 Å². The molecule has 1 aliphatic heterocycles. The minimum atomic E-state index is -0.0376. The second-order valence-corrected chi connectivity index (χ2v) is 6.42. The van der Waals surface area contributed by atoms with Gasteiger partial charge in [-0.1, -0.05) is 33.1 Å². The van der Waals surface area contributed by atoms with Crippen molar-refractivity contribution < 1.29 is 9.90 Å². The summed E-state index contributed by atoms with van der Waals surface area (Å²) in [6.07, 6.45) is 5.70. The van der Waals surface area contributed by atoms with E-state index in [1.807, 2.05) is 4.90 Å². The summed E-state index contributed by atoms with van der Waals surface area (Å²) >= 11 is 0. The minimum absolute atomic E-state index is 0.0376. The Hall–Kier alpha value is -0.610. The number of carbonyl (C=O) groups excluding carboxylic acids is 1. The zero-order valence-electron chi connectivity index (χ0n) is 12.3. The zero-order valence-corrected chi connectivity index (χ0v) is 12.3.